The molecule has 0 spiro atoms. The standard InChI is InChI=1S/C16H15ClFN3/c17-12-7-4-8-13(18)15(12)11-9-14(11)21-16(19)20-10-5-2-1-3-6-10/h1-8,11,14H,9H2,(H3,19,20,21). The summed E-state index contributed by atoms with van der Waals surface area (Å²) >= 11 is 6.06. The van der Waals surface area contributed by atoms with E-state index in [4.69, 9.17) is 17.3 Å². The van der Waals surface area contributed by atoms with Crippen LogP contribution in [0.25, 0.3) is 0 Å². The van der Waals surface area contributed by atoms with Crippen LogP contribution in [0.4, 0.5) is 10.1 Å². The van der Waals surface area contributed by atoms with Crippen LogP contribution in [0, 0.1) is 5.82 Å². The molecule has 3 nitrogen and oxygen atoms in total. The maximum absolute atomic E-state index is 13.8. The van der Waals surface area contributed by atoms with Crippen molar-refractivity contribution >= 4 is 23.2 Å². The first-order valence-corrected chi connectivity index (χ1v) is 7.12. The minimum Gasteiger partial charge on any atom is -0.370 e. The molecule has 2 unspecified atom stereocenters. The van der Waals surface area contributed by atoms with Gasteiger partial charge in [0.1, 0.15) is 5.82 Å². The highest BCUT2D eigenvalue weighted by molar-refractivity contribution is 6.31. The first kappa shape index (κ1) is 13.9. The van der Waals surface area contributed by atoms with Crippen LogP contribution in [-0.4, -0.2) is 12.0 Å². The molecular formula is C16H15ClFN3. The minimum atomic E-state index is -0.278. The molecule has 3 rings (SSSR count). The van der Waals surface area contributed by atoms with E-state index < -0.39 is 0 Å². The number of hydrogen-bond donors (Lipinski definition) is 2. The van der Waals surface area contributed by atoms with Gasteiger partial charge in [0.15, 0.2) is 5.96 Å². The highest BCUT2D eigenvalue weighted by Crippen LogP contribution is 2.47. The van der Waals surface area contributed by atoms with E-state index >= 15 is 0 Å². The zero-order chi connectivity index (χ0) is 14.8. The molecule has 108 valence electrons. The lowest BCUT2D eigenvalue weighted by Crippen LogP contribution is -2.23. The fourth-order valence-corrected chi connectivity index (χ4v) is 2.68. The van der Waals surface area contributed by atoms with Gasteiger partial charge in [-0.25, -0.2) is 9.38 Å². The second-order valence-corrected chi connectivity index (χ2v) is 5.46. The van der Waals surface area contributed by atoms with Crippen LogP contribution in [0.1, 0.15) is 17.9 Å². The first-order chi connectivity index (χ1) is 10.1. The number of para-hydroxylation sites is 1. The van der Waals surface area contributed by atoms with E-state index in [1.54, 1.807) is 12.1 Å². The van der Waals surface area contributed by atoms with Crippen molar-refractivity contribution in [2.75, 3.05) is 5.32 Å². The van der Waals surface area contributed by atoms with Crippen molar-refractivity contribution in [1.29, 1.82) is 0 Å². The summed E-state index contributed by atoms with van der Waals surface area (Å²) in [6, 6.07) is 14.3. The maximum atomic E-state index is 13.8. The number of rotatable bonds is 3. The number of aliphatic imine (C=N–C) groups is 1. The molecule has 1 saturated carbocycles. The van der Waals surface area contributed by atoms with Crippen molar-refractivity contribution in [2.45, 2.75) is 18.4 Å². The lowest BCUT2D eigenvalue weighted by atomic mass is 10.1. The fraction of sp³-hybridized carbons (Fsp3) is 0.188. The Morgan fingerprint density at radius 2 is 1.95 bits per heavy atom. The normalized spacial score (nSPS) is 21.1. The largest absolute Gasteiger partial charge is 0.370 e. The van der Waals surface area contributed by atoms with Gasteiger partial charge in [-0.3, -0.25) is 0 Å². The van der Waals surface area contributed by atoms with Gasteiger partial charge in [-0.2, -0.15) is 0 Å². The third-order valence-electron chi connectivity index (χ3n) is 3.48. The Bertz CT molecular complexity index is 652. The van der Waals surface area contributed by atoms with E-state index in [0.29, 0.717) is 16.5 Å². The summed E-state index contributed by atoms with van der Waals surface area (Å²) in [6.07, 6.45) is 0.762. The summed E-state index contributed by atoms with van der Waals surface area (Å²) in [5.74, 6) is 0.0655. The molecule has 2 aromatic rings. The van der Waals surface area contributed by atoms with Gasteiger partial charge in [-0.1, -0.05) is 35.9 Å². The lowest BCUT2D eigenvalue weighted by Gasteiger charge is -2.06. The molecule has 0 saturated heterocycles. The fourth-order valence-electron chi connectivity index (χ4n) is 2.38. The van der Waals surface area contributed by atoms with Crippen LogP contribution in [0.5, 0.6) is 0 Å². The van der Waals surface area contributed by atoms with Gasteiger partial charge in [0.05, 0.1) is 6.04 Å². The van der Waals surface area contributed by atoms with Crippen molar-refractivity contribution in [3.63, 3.8) is 0 Å². The number of benzene rings is 2. The number of anilines is 1. The Morgan fingerprint density at radius 3 is 2.67 bits per heavy atom. The molecule has 0 bridgehead atoms. The SMILES string of the molecule is NC(=NC1CC1c1c(F)cccc1Cl)Nc1ccccc1. The molecule has 0 radical (unpaired) electrons. The summed E-state index contributed by atoms with van der Waals surface area (Å²) in [4.78, 5) is 4.38. The maximum Gasteiger partial charge on any atom is 0.193 e. The number of halogens is 2. The van der Waals surface area contributed by atoms with Crippen LogP contribution >= 0.6 is 11.6 Å². The monoisotopic (exact) mass is 303 g/mol. The number of guanidine groups is 1. The van der Waals surface area contributed by atoms with Crippen molar-refractivity contribution in [2.24, 2.45) is 10.7 Å². The van der Waals surface area contributed by atoms with Crippen molar-refractivity contribution in [3.8, 4) is 0 Å². The average Bonchev–Trinajstić information content (AvgIpc) is 3.18. The molecule has 1 aliphatic carbocycles. The topological polar surface area (TPSA) is 50.4 Å². The second-order valence-electron chi connectivity index (χ2n) is 5.05. The molecule has 1 aliphatic rings. The third-order valence-corrected chi connectivity index (χ3v) is 3.81. The van der Waals surface area contributed by atoms with E-state index in [0.717, 1.165) is 12.1 Å². The molecule has 0 amide bonds. The van der Waals surface area contributed by atoms with Crippen LogP contribution in [0.2, 0.25) is 5.02 Å². The van der Waals surface area contributed by atoms with Gasteiger partial charge in [0, 0.05) is 22.2 Å². The minimum absolute atomic E-state index is 0.00910. The summed E-state index contributed by atoms with van der Waals surface area (Å²) in [7, 11) is 0. The zero-order valence-corrected chi connectivity index (χ0v) is 12.0. The number of hydrogen-bond acceptors (Lipinski definition) is 1. The van der Waals surface area contributed by atoms with E-state index in [-0.39, 0.29) is 17.8 Å². The zero-order valence-electron chi connectivity index (χ0n) is 11.3. The summed E-state index contributed by atoms with van der Waals surface area (Å²) in [6.45, 7) is 0. The van der Waals surface area contributed by atoms with Crippen LogP contribution in [0.15, 0.2) is 53.5 Å². The average molecular weight is 304 g/mol. The van der Waals surface area contributed by atoms with Crippen LogP contribution in [-0.2, 0) is 0 Å². The molecule has 1 fully saturated rings. The smallest absolute Gasteiger partial charge is 0.193 e. The molecule has 0 aliphatic heterocycles. The van der Waals surface area contributed by atoms with E-state index in [1.807, 2.05) is 30.3 Å². The summed E-state index contributed by atoms with van der Waals surface area (Å²) in [5.41, 5.74) is 7.29. The predicted octanol–water partition coefficient (Wildman–Crippen LogP) is 3.76. The Hall–Kier alpha value is -2.07. The molecule has 0 aromatic heterocycles. The Labute approximate surface area is 127 Å². The van der Waals surface area contributed by atoms with Gasteiger partial charge < -0.3 is 11.1 Å². The first-order valence-electron chi connectivity index (χ1n) is 6.74. The van der Waals surface area contributed by atoms with Crippen LogP contribution < -0.4 is 11.1 Å². The van der Waals surface area contributed by atoms with Gasteiger partial charge in [-0.05, 0) is 30.7 Å². The highest BCUT2D eigenvalue weighted by Gasteiger charge is 2.41. The number of nitrogens with zero attached hydrogens (tertiary/aromatic N) is 1. The van der Waals surface area contributed by atoms with Crippen molar-refractivity contribution in [3.05, 3.63) is 64.9 Å². The number of nitrogens with two attached hydrogens (primary N) is 1. The molecular weight excluding hydrogens is 289 g/mol. The molecule has 5 heteroatoms. The van der Waals surface area contributed by atoms with E-state index in [1.165, 1.54) is 6.07 Å². The van der Waals surface area contributed by atoms with E-state index in [2.05, 4.69) is 10.3 Å². The summed E-state index contributed by atoms with van der Waals surface area (Å²) < 4.78 is 13.8. The van der Waals surface area contributed by atoms with Gasteiger partial charge in [-0.15, -0.1) is 0 Å². The Balaban J connectivity index is 1.69. The molecule has 2 aromatic carbocycles. The predicted molar refractivity (Wildman–Crippen MR) is 84.2 cm³/mol. The second kappa shape index (κ2) is 5.74. The van der Waals surface area contributed by atoms with Crippen molar-refractivity contribution in [1.82, 2.24) is 0 Å². The van der Waals surface area contributed by atoms with Crippen molar-refractivity contribution < 1.29 is 4.39 Å². The third kappa shape index (κ3) is 3.16. The van der Waals surface area contributed by atoms with Gasteiger partial charge in [0.2, 0.25) is 0 Å². The van der Waals surface area contributed by atoms with Gasteiger partial charge >= 0.3 is 0 Å². The van der Waals surface area contributed by atoms with E-state index in [9.17, 15) is 4.39 Å². The Kier molecular flexibility index (Phi) is 3.80. The quantitative estimate of drug-likeness (QED) is 0.670. The van der Waals surface area contributed by atoms with Gasteiger partial charge in [0.25, 0.3) is 0 Å². The highest BCUT2D eigenvalue weighted by atomic mass is 35.5. The van der Waals surface area contributed by atoms with Crippen LogP contribution in [0.3, 0.4) is 0 Å². The molecule has 3 N–H and O–H groups in total. The molecule has 0 heterocycles. The molecule has 2 atom stereocenters. The Morgan fingerprint density at radius 1 is 1.19 bits per heavy atom. The number of nitrogens with one attached hydrogen (secondary N) is 1. The summed E-state index contributed by atoms with van der Waals surface area (Å²) in [5, 5.41) is 3.47. The lowest BCUT2D eigenvalue weighted by molar-refractivity contribution is 0.609. The molecule has 21 heavy (non-hydrogen) atoms.